The number of methoxy groups -OCH3 is 1. The number of carboxylic acid groups (broad SMARTS) is 1. The molecule has 2 N–H and O–H groups in total. The maximum Gasteiger partial charge on any atom is 0.339 e. The molecule has 9 heteroatoms. The van der Waals surface area contributed by atoms with Gasteiger partial charge in [0, 0.05) is 18.8 Å². The molecule has 0 bridgehead atoms. The lowest BCUT2D eigenvalue weighted by Crippen LogP contribution is -2.35. The molecule has 0 heterocycles. The zero-order valence-corrected chi connectivity index (χ0v) is 13.3. The predicted molar refractivity (Wildman–Crippen MR) is 80.7 cm³/mol. The second-order valence-corrected chi connectivity index (χ2v) is 6.79. The lowest BCUT2D eigenvalue weighted by Gasteiger charge is -2.16. The van der Waals surface area contributed by atoms with Gasteiger partial charge >= 0.3 is 5.97 Å². The quantitative estimate of drug-likeness (QED) is 0.757. The zero-order chi connectivity index (χ0) is 16.9. The Bertz CT molecular complexity index is 671. The molecule has 0 fully saturated rings. The minimum atomic E-state index is -3.45. The summed E-state index contributed by atoms with van der Waals surface area (Å²) < 4.78 is 29.0. The van der Waals surface area contributed by atoms with Gasteiger partial charge in [0.2, 0.25) is 15.9 Å². The SMILES string of the molecule is CCS(=O)(=O)N(C)CC(=O)Nc1ccc(C(=O)O)c(OC)c1. The summed E-state index contributed by atoms with van der Waals surface area (Å²) in [6, 6.07) is 4.05. The standard InChI is InChI=1S/C13H18N2O6S/c1-4-22(19,20)15(2)8-12(16)14-9-5-6-10(13(17)18)11(7-9)21-3/h5-7H,4,8H2,1-3H3,(H,14,16)(H,17,18). The van der Waals surface area contributed by atoms with Gasteiger partial charge in [0.25, 0.3) is 0 Å². The number of aromatic carboxylic acids is 1. The van der Waals surface area contributed by atoms with Crippen molar-refractivity contribution >= 4 is 27.6 Å². The van der Waals surface area contributed by atoms with E-state index in [-0.39, 0.29) is 23.6 Å². The molecule has 0 aliphatic carbocycles. The van der Waals surface area contributed by atoms with E-state index in [1.807, 2.05) is 0 Å². The number of nitrogens with one attached hydrogen (secondary N) is 1. The zero-order valence-electron chi connectivity index (χ0n) is 12.5. The molecule has 1 aromatic carbocycles. The number of rotatable bonds is 7. The van der Waals surface area contributed by atoms with E-state index < -0.39 is 21.9 Å². The summed E-state index contributed by atoms with van der Waals surface area (Å²) in [4.78, 5) is 22.8. The number of benzene rings is 1. The summed E-state index contributed by atoms with van der Waals surface area (Å²) in [6.07, 6.45) is 0. The van der Waals surface area contributed by atoms with Crippen LogP contribution in [0.25, 0.3) is 0 Å². The summed E-state index contributed by atoms with van der Waals surface area (Å²) >= 11 is 0. The van der Waals surface area contributed by atoms with Crippen LogP contribution in [0.4, 0.5) is 5.69 Å². The van der Waals surface area contributed by atoms with Gasteiger partial charge in [-0.2, -0.15) is 4.31 Å². The van der Waals surface area contributed by atoms with Crippen molar-refractivity contribution in [3.8, 4) is 5.75 Å². The van der Waals surface area contributed by atoms with Crippen LogP contribution in [0, 0.1) is 0 Å². The highest BCUT2D eigenvalue weighted by Gasteiger charge is 2.19. The lowest BCUT2D eigenvalue weighted by molar-refractivity contribution is -0.116. The number of ether oxygens (including phenoxy) is 1. The molecule has 0 saturated heterocycles. The third-order valence-corrected chi connectivity index (χ3v) is 4.73. The van der Waals surface area contributed by atoms with Gasteiger partial charge in [-0.25, -0.2) is 13.2 Å². The molecule has 0 atom stereocenters. The summed E-state index contributed by atoms with van der Waals surface area (Å²) in [5, 5.41) is 11.5. The smallest absolute Gasteiger partial charge is 0.339 e. The number of carbonyl (C=O) groups is 2. The monoisotopic (exact) mass is 330 g/mol. The third kappa shape index (κ3) is 4.43. The van der Waals surface area contributed by atoms with Crippen molar-refractivity contribution in [3.63, 3.8) is 0 Å². The Balaban J connectivity index is 2.83. The van der Waals surface area contributed by atoms with Gasteiger partial charge in [-0.1, -0.05) is 0 Å². The van der Waals surface area contributed by atoms with Gasteiger partial charge in [-0.05, 0) is 19.1 Å². The Morgan fingerprint density at radius 3 is 2.50 bits per heavy atom. The van der Waals surface area contributed by atoms with Crippen LogP contribution in [0.5, 0.6) is 5.75 Å². The van der Waals surface area contributed by atoms with Crippen molar-refractivity contribution in [2.24, 2.45) is 0 Å². The summed E-state index contributed by atoms with van der Waals surface area (Å²) in [6.45, 7) is 1.15. The van der Waals surface area contributed by atoms with Crippen LogP contribution in [-0.4, -0.2) is 56.2 Å². The minimum Gasteiger partial charge on any atom is -0.496 e. The number of hydrogen-bond donors (Lipinski definition) is 2. The van der Waals surface area contributed by atoms with E-state index in [2.05, 4.69) is 5.32 Å². The molecular formula is C13H18N2O6S. The van der Waals surface area contributed by atoms with E-state index in [9.17, 15) is 18.0 Å². The largest absolute Gasteiger partial charge is 0.496 e. The first-order valence-corrected chi connectivity index (χ1v) is 7.97. The second-order valence-electron chi connectivity index (χ2n) is 4.42. The number of nitrogens with zero attached hydrogens (tertiary/aromatic N) is 1. The van der Waals surface area contributed by atoms with Crippen LogP contribution in [0.15, 0.2) is 18.2 Å². The van der Waals surface area contributed by atoms with Crippen LogP contribution in [-0.2, 0) is 14.8 Å². The second kappa shape index (κ2) is 7.23. The average molecular weight is 330 g/mol. The highest BCUT2D eigenvalue weighted by molar-refractivity contribution is 7.89. The van der Waals surface area contributed by atoms with Gasteiger partial charge in [0.05, 0.1) is 19.4 Å². The van der Waals surface area contributed by atoms with Crippen LogP contribution >= 0.6 is 0 Å². The third-order valence-electron chi connectivity index (χ3n) is 2.92. The molecule has 0 saturated carbocycles. The van der Waals surface area contributed by atoms with Crippen LogP contribution in [0.1, 0.15) is 17.3 Å². The topological polar surface area (TPSA) is 113 Å². The molecule has 22 heavy (non-hydrogen) atoms. The van der Waals surface area contributed by atoms with Gasteiger partial charge in [0.15, 0.2) is 0 Å². The van der Waals surface area contributed by atoms with Gasteiger partial charge in [0.1, 0.15) is 11.3 Å². The molecule has 0 radical (unpaired) electrons. The van der Waals surface area contributed by atoms with E-state index in [1.165, 1.54) is 39.3 Å². The van der Waals surface area contributed by atoms with Crippen molar-refractivity contribution < 1.29 is 27.9 Å². The first-order chi connectivity index (χ1) is 10.2. The molecule has 0 spiro atoms. The Kier molecular flexibility index (Phi) is 5.89. The van der Waals surface area contributed by atoms with Gasteiger partial charge in [-0.3, -0.25) is 4.79 Å². The lowest BCUT2D eigenvalue weighted by atomic mass is 10.2. The number of carbonyl (C=O) groups excluding carboxylic acids is 1. The molecule has 122 valence electrons. The van der Waals surface area contributed by atoms with Crippen molar-refractivity contribution in [2.75, 3.05) is 31.8 Å². The summed E-state index contributed by atoms with van der Waals surface area (Å²) in [5.74, 6) is -1.69. The maximum atomic E-state index is 11.8. The Morgan fingerprint density at radius 2 is 2.00 bits per heavy atom. The summed E-state index contributed by atoms with van der Waals surface area (Å²) in [5.41, 5.74) is 0.278. The number of hydrogen-bond acceptors (Lipinski definition) is 5. The first-order valence-electron chi connectivity index (χ1n) is 6.36. The molecule has 1 aromatic rings. The van der Waals surface area contributed by atoms with Crippen molar-refractivity contribution in [1.29, 1.82) is 0 Å². The van der Waals surface area contributed by atoms with E-state index in [0.717, 1.165) is 4.31 Å². The molecule has 8 nitrogen and oxygen atoms in total. The van der Waals surface area contributed by atoms with Crippen LogP contribution in [0.3, 0.4) is 0 Å². The highest BCUT2D eigenvalue weighted by atomic mass is 32.2. The van der Waals surface area contributed by atoms with E-state index in [1.54, 1.807) is 0 Å². The number of carboxylic acids is 1. The fourth-order valence-corrected chi connectivity index (χ4v) is 2.42. The number of amides is 1. The van der Waals surface area contributed by atoms with Gasteiger partial charge < -0.3 is 15.2 Å². The van der Waals surface area contributed by atoms with Crippen molar-refractivity contribution in [3.05, 3.63) is 23.8 Å². The molecular weight excluding hydrogens is 312 g/mol. The Hall–Kier alpha value is -2.13. The molecule has 0 aromatic heterocycles. The fraction of sp³-hybridized carbons (Fsp3) is 0.385. The average Bonchev–Trinajstić information content (AvgIpc) is 2.46. The highest BCUT2D eigenvalue weighted by Crippen LogP contribution is 2.23. The number of sulfonamides is 1. The first kappa shape index (κ1) is 17.9. The van der Waals surface area contributed by atoms with E-state index in [0.29, 0.717) is 5.69 Å². The Morgan fingerprint density at radius 1 is 1.36 bits per heavy atom. The van der Waals surface area contributed by atoms with Crippen molar-refractivity contribution in [2.45, 2.75) is 6.92 Å². The normalized spacial score (nSPS) is 11.3. The predicted octanol–water partition coefficient (Wildman–Crippen LogP) is 0.613. The molecule has 0 unspecified atom stereocenters. The molecule has 0 aliphatic heterocycles. The summed E-state index contributed by atoms with van der Waals surface area (Å²) in [7, 11) is -0.820. The van der Waals surface area contributed by atoms with Crippen LogP contribution in [0.2, 0.25) is 0 Å². The number of anilines is 1. The molecule has 0 aliphatic rings. The van der Waals surface area contributed by atoms with Crippen LogP contribution < -0.4 is 10.1 Å². The minimum absolute atomic E-state index is 0.0359. The maximum absolute atomic E-state index is 11.8. The fourth-order valence-electron chi connectivity index (χ4n) is 1.67. The van der Waals surface area contributed by atoms with E-state index in [4.69, 9.17) is 9.84 Å². The Labute approximate surface area is 128 Å². The number of likely N-dealkylation sites (N-methyl/N-ethyl adjacent to an activating group) is 1. The van der Waals surface area contributed by atoms with E-state index >= 15 is 0 Å². The molecule has 1 amide bonds. The van der Waals surface area contributed by atoms with Crippen molar-refractivity contribution in [1.82, 2.24) is 4.31 Å². The molecule has 1 rings (SSSR count). The van der Waals surface area contributed by atoms with Gasteiger partial charge in [-0.15, -0.1) is 0 Å².